The first kappa shape index (κ1) is 9.78. The molecule has 3 aromatic heterocycles. The Hall–Kier alpha value is -2.42. The predicted octanol–water partition coefficient (Wildman–Crippen LogP) is 3.17. The van der Waals surface area contributed by atoms with Crippen molar-refractivity contribution in [3.8, 4) is 0 Å². The van der Waals surface area contributed by atoms with Crippen molar-refractivity contribution in [1.82, 2.24) is 14.4 Å². The van der Waals surface area contributed by atoms with Crippen LogP contribution in [0, 0.1) is 0 Å². The highest BCUT2D eigenvalue weighted by Gasteiger charge is 2.08. The van der Waals surface area contributed by atoms with Crippen molar-refractivity contribution in [2.45, 2.75) is 0 Å². The molecule has 0 N–H and O–H groups in total. The minimum absolute atomic E-state index is 0.862. The minimum Gasteiger partial charge on any atom is -0.297 e. The molecular formula is C14H11N3. The molecule has 3 aromatic rings. The van der Waals surface area contributed by atoms with Gasteiger partial charge in [-0.25, -0.2) is 4.98 Å². The second-order valence-corrected chi connectivity index (χ2v) is 3.76. The van der Waals surface area contributed by atoms with E-state index < -0.39 is 0 Å². The molecule has 3 rings (SSSR count). The summed E-state index contributed by atoms with van der Waals surface area (Å²) in [5.74, 6) is 0. The van der Waals surface area contributed by atoms with Crippen molar-refractivity contribution in [2.75, 3.05) is 0 Å². The molecule has 0 unspecified atom stereocenters. The second-order valence-electron chi connectivity index (χ2n) is 3.76. The van der Waals surface area contributed by atoms with E-state index >= 15 is 0 Å². The van der Waals surface area contributed by atoms with Crippen molar-refractivity contribution in [1.29, 1.82) is 0 Å². The largest absolute Gasteiger partial charge is 0.297 e. The molecule has 0 saturated heterocycles. The normalized spacial score (nSPS) is 10.8. The summed E-state index contributed by atoms with van der Waals surface area (Å²) in [6.45, 7) is 7.62. The van der Waals surface area contributed by atoms with Gasteiger partial charge in [0.15, 0.2) is 0 Å². The first-order valence-corrected chi connectivity index (χ1v) is 5.35. The van der Waals surface area contributed by atoms with E-state index in [9.17, 15) is 0 Å². The Balaban J connectivity index is 2.63. The van der Waals surface area contributed by atoms with Gasteiger partial charge in [0.1, 0.15) is 5.65 Å². The number of fused-ring (bicyclic) bond motifs is 3. The van der Waals surface area contributed by atoms with Crippen molar-refractivity contribution in [3.63, 3.8) is 0 Å². The summed E-state index contributed by atoms with van der Waals surface area (Å²) in [4.78, 5) is 8.66. The van der Waals surface area contributed by atoms with Gasteiger partial charge >= 0.3 is 0 Å². The SMILES string of the molecule is C=Cc1cc2ccnc(C=C)c2n2ccnc12. The van der Waals surface area contributed by atoms with Gasteiger partial charge in [-0.1, -0.05) is 19.2 Å². The van der Waals surface area contributed by atoms with Crippen molar-refractivity contribution < 1.29 is 0 Å². The fourth-order valence-electron chi connectivity index (χ4n) is 2.09. The molecule has 0 spiro atoms. The fourth-order valence-corrected chi connectivity index (χ4v) is 2.09. The van der Waals surface area contributed by atoms with Gasteiger partial charge in [0.05, 0.1) is 11.2 Å². The van der Waals surface area contributed by atoms with Crippen LogP contribution in [0.15, 0.2) is 43.9 Å². The van der Waals surface area contributed by atoms with Crippen LogP contribution in [0.4, 0.5) is 0 Å². The molecule has 0 fully saturated rings. The average molecular weight is 221 g/mol. The van der Waals surface area contributed by atoms with Crippen LogP contribution in [0.2, 0.25) is 0 Å². The third kappa shape index (κ3) is 1.29. The monoisotopic (exact) mass is 221 g/mol. The molecule has 0 atom stereocenters. The van der Waals surface area contributed by atoms with Crippen LogP contribution in [0.3, 0.4) is 0 Å². The highest BCUT2D eigenvalue weighted by Crippen LogP contribution is 2.23. The topological polar surface area (TPSA) is 30.2 Å². The lowest BCUT2D eigenvalue weighted by molar-refractivity contribution is 1.21. The van der Waals surface area contributed by atoms with E-state index in [0.717, 1.165) is 27.8 Å². The Morgan fingerprint density at radius 3 is 2.76 bits per heavy atom. The van der Waals surface area contributed by atoms with Gasteiger partial charge in [0.2, 0.25) is 0 Å². The Morgan fingerprint density at radius 2 is 2.00 bits per heavy atom. The van der Waals surface area contributed by atoms with E-state index in [4.69, 9.17) is 0 Å². The third-order valence-electron chi connectivity index (χ3n) is 2.85. The van der Waals surface area contributed by atoms with Crippen molar-refractivity contribution in [2.24, 2.45) is 0 Å². The van der Waals surface area contributed by atoms with Gasteiger partial charge in [-0.2, -0.15) is 0 Å². The molecule has 0 aliphatic rings. The molecule has 17 heavy (non-hydrogen) atoms. The summed E-state index contributed by atoms with van der Waals surface area (Å²) in [5.41, 5.74) is 3.80. The quantitative estimate of drug-likeness (QED) is 0.665. The van der Waals surface area contributed by atoms with Crippen LogP contribution in [0.1, 0.15) is 11.3 Å². The Labute approximate surface area is 98.8 Å². The van der Waals surface area contributed by atoms with E-state index in [1.54, 1.807) is 18.5 Å². The molecule has 0 aromatic carbocycles. The van der Waals surface area contributed by atoms with Crippen LogP contribution in [0.25, 0.3) is 28.7 Å². The highest BCUT2D eigenvalue weighted by atomic mass is 15.0. The summed E-state index contributed by atoms with van der Waals surface area (Å²) >= 11 is 0. The summed E-state index contributed by atoms with van der Waals surface area (Å²) in [6, 6.07) is 4.05. The smallest absolute Gasteiger partial charge is 0.144 e. The second kappa shape index (κ2) is 3.56. The molecule has 3 heteroatoms. The van der Waals surface area contributed by atoms with Crippen LogP contribution in [0.5, 0.6) is 0 Å². The first-order chi connectivity index (χ1) is 8.35. The lowest BCUT2D eigenvalue weighted by Gasteiger charge is -2.07. The third-order valence-corrected chi connectivity index (χ3v) is 2.85. The zero-order chi connectivity index (χ0) is 11.8. The fraction of sp³-hybridized carbons (Fsp3) is 0. The standard InChI is InChI=1S/C14H11N3/c1-3-10-9-11-5-6-15-12(4-2)13(11)17-8-7-16-14(10)17/h3-9H,1-2H2. The van der Waals surface area contributed by atoms with Gasteiger partial charge in [-0.05, 0) is 18.2 Å². The Morgan fingerprint density at radius 1 is 1.12 bits per heavy atom. The predicted molar refractivity (Wildman–Crippen MR) is 70.7 cm³/mol. The first-order valence-electron chi connectivity index (χ1n) is 5.35. The number of aromatic nitrogens is 3. The molecule has 0 saturated carbocycles. The molecule has 0 aliphatic carbocycles. The highest BCUT2D eigenvalue weighted by molar-refractivity contribution is 5.90. The van der Waals surface area contributed by atoms with Crippen molar-refractivity contribution >= 4 is 28.7 Å². The lowest BCUT2D eigenvalue weighted by atomic mass is 10.1. The number of hydrogen-bond acceptors (Lipinski definition) is 2. The summed E-state index contributed by atoms with van der Waals surface area (Å²) in [6.07, 6.45) is 9.07. The molecule has 82 valence electrons. The van der Waals surface area contributed by atoms with E-state index in [1.807, 2.05) is 22.7 Å². The molecule has 0 aliphatic heterocycles. The number of hydrogen-bond donors (Lipinski definition) is 0. The van der Waals surface area contributed by atoms with E-state index in [0.29, 0.717) is 0 Å². The average Bonchev–Trinajstić information content (AvgIpc) is 2.86. The Kier molecular flexibility index (Phi) is 2.05. The molecular weight excluding hydrogens is 210 g/mol. The van der Waals surface area contributed by atoms with Gasteiger partial charge in [-0.3, -0.25) is 9.38 Å². The summed E-state index contributed by atoms with van der Waals surface area (Å²) in [7, 11) is 0. The maximum atomic E-state index is 4.34. The minimum atomic E-state index is 0.862. The molecule has 3 heterocycles. The summed E-state index contributed by atoms with van der Waals surface area (Å²) < 4.78 is 2.02. The van der Waals surface area contributed by atoms with Gasteiger partial charge < -0.3 is 0 Å². The molecule has 3 nitrogen and oxygen atoms in total. The van der Waals surface area contributed by atoms with E-state index in [-0.39, 0.29) is 0 Å². The zero-order valence-electron chi connectivity index (χ0n) is 9.30. The van der Waals surface area contributed by atoms with Gasteiger partial charge in [0, 0.05) is 29.5 Å². The van der Waals surface area contributed by atoms with Gasteiger partial charge in [-0.15, -0.1) is 0 Å². The van der Waals surface area contributed by atoms with Crippen molar-refractivity contribution in [3.05, 3.63) is 55.1 Å². The number of imidazole rings is 1. The maximum absolute atomic E-state index is 4.34. The number of nitrogens with zero attached hydrogens (tertiary/aromatic N) is 3. The Bertz CT molecular complexity index is 738. The zero-order valence-corrected chi connectivity index (χ0v) is 9.30. The molecule has 0 amide bonds. The van der Waals surface area contributed by atoms with Crippen LogP contribution in [-0.4, -0.2) is 14.4 Å². The molecule has 0 radical (unpaired) electrons. The lowest BCUT2D eigenvalue weighted by Crippen LogP contribution is -1.94. The number of rotatable bonds is 2. The molecule has 0 bridgehead atoms. The van der Waals surface area contributed by atoms with E-state index in [1.165, 1.54) is 0 Å². The van der Waals surface area contributed by atoms with Crippen LogP contribution in [-0.2, 0) is 0 Å². The van der Waals surface area contributed by atoms with E-state index in [2.05, 4.69) is 29.2 Å². The summed E-state index contributed by atoms with van der Waals surface area (Å²) in [5, 5.41) is 1.11. The van der Waals surface area contributed by atoms with Crippen LogP contribution < -0.4 is 0 Å². The maximum Gasteiger partial charge on any atom is 0.144 e. The van der Waals surface area contributed by atoms with Crippen LogP contribution >= 0.6 is 0 Å². The van der Waals surface area contributed by atoms with Gasteiger partial charge in [0.25, 0.3) is 0 Å². The number of pyridine rings is 2.